The lowest BCUT2D eigenvalue weighted by atomic mass is 10.1. The minimum atomic E-state index is 0.0136. The Hall–Kier alpha value is -2.19. The fraction of sp³-hybridized carbons (Fsp3) is 0.632. The summed E-state index contributed by atoms with van der Waals surface area (Å²) in [5, 5.41) is 8.79. The van der Waals surface area contributed by atoms with Gasteiger partial charge in [0.15, 0.2) is 0 Å². The fourth-order valence-corrected chi connectivity index (χ4v) is 4.11. The number of nitrogens with zero attached hydrogens (tertiary/aromatic N) is 7. The van der Waals surface area contributed by atoms with Crippen LogP contribution >= 0.6 is 0 Å². The van der Waals surface area contributed by atoms with Crippen molar-refractivity contribution >= 4 is 5.69 Å². The van der Waals surface area contributed by atoms with E-state index in [1.165, 1.54) is 5.56 Å². The van der Waals surface area contributed by atoms with Crippen LogP contribution in [0.5, 0.6) is 0 Å². The molecule has 0 N–H and O–H groups in total. The van der Waals surface area contributed by atoms with Crippen molar-refractivity contribution in [2.75, 3.05) is 51.2 Å². The first-order valence-electron chi connectivity index (χ1n) is 9.81. The molecule has 0 spiro atoms. The molecule has 4 heterocycles. The molecular weight excluding hydrogens is 342 g/mol. The number of rotatable bonds is 4. The lowest BCUT2D eigenvalue weighted by Crippen LogP contribution is -2.45. The number of hydrogen-bond donors (Lipinski definition) is 0. The van der Waals surface area contributed by atoms with E-state index in [0.717, 1.165) is 64.3 Å². The first kappa shape index (κ1) is 18.2. The van der Waals surface area contributed by atoms with Gasteiger partial charge in [-0.05, 0) is 26.4 Å². The van der Waals surface area contributed by atoms with Gasteiger partial charge in [-0.3, -0.25) is 14.4 Å². The summed E-state index contributed by atoms with van der Waals surface area (Å²) >= 11 is 0. The van der Waals surface area contributed by atoms with Crippen LogP contribution < -0.4 is 10.5 Å². The predicted octanol–water partition coefficient (Wildman–Crippen LogP) is 0.566. The number of aromatic nitrogens is 4. The standard InChI is InChI=1S/C19H29N7O/c1-22-6-8-25(9-7-22)18-10-19(27)26(21-12-18)17-4-3-5-24(15-17)14-16-11-20-23(2)13-16/h10-13,17H,3-9,14-15H2,1-2H3/t17-/m1/s1. The minimum Gasteiger partial charge on any atom is -0.368 e. The smallest absolute Gasteiger partial charge is 0.269 e. The van der Waals surface area contributed by atoms with E-state index in [1.807, 2.05) is 24.1 Å². The van der Waals surface area contributed by atoms with Crippen molar-refractivity contribution in [2.45, 2.75) is 25.4 Å². The third-order valence-corrected chi connectivity index (χ3v) is 5.67. The fourth-order valence-electron chi connectivity index (χ4n) is 4.11. The van der Waals surface area contributed by atoms with Crippen molar-refractivity contribution in [3.63, 3.8) is 0 Å². The van der Waals surface area contributed by atoms with Gasteiger partial charge in [-0.1, -0.05) is 0 Å². The summed E-state index contributed by atoms with van der Waals surface area (Å²) in [7, 11) is 4.07. The highest BCUT2D eigenvalue weighted by atomic mass is 16.1. The molecule has 2 aliphatic heterocycles. The monoisotopic (exact) mass is 371 g/mol. The molecule has 146 valence electrons. The number of anilines is 1. The van der Waals surface area contributed by atoms with Gasteiger partial charge in [0.2, 0.25) is 0 Å². The predicted molar refractivity (Wildman–Crippen MR) is 105 cm³/mol. The first-order chi connectivity index (χ1) is 13.1. The third-order valence-electron chi connectivity index (χ3n) is 5.67. The number of piperazine rings is 1. The van der Waals surface area contributed by atoms with Crippen LogP contribution in [-0.4, -0.2) is 75.7 Å². The molecule has 1 atom stereocenters. The van der Waals surface area contributed by atoms with Crippen molar-refractivity contribution in [1.82, 2.24) is 29.4 Å². The topological polar surface area (TPSA) is 62.4 Å². The number of likely N-dealkylation sites (tertiary alicyclic amines) is 1. The maximum absolute atomic E-state index is 12.7. The molecule has 8 nitrogen and oxygen atoms in total. The van der Waals surface area contributed by atoms with E-state index in [9.17, 15) is 4.79 Å². The van der Waals surface area contributed by atoms with Gasteiger partial charge in [0.1, 0.15) is 0 Å². The molecular formula is C19H29N7O. The van der Waals surface area contributed by atoms with Crippen LogP contribution in [-0.2, 0) is 13.6 Å². The zero-order chi connectivity index (χ0) is 18.8. The van der Waals surface area contributed by atoms with E-state index >= 15 is 0 Å². The van der Waals surface area contributed by atoms with Crippen LogP contribution in [0.3, 0.4) is 0 Å². The average Bonchev–Trinajstić information content (AvgIpc) is 3.07. The highest BCUT2D eigenvalue weighted by Gasteiger charge is 2.24. The largest absolute Gasteiger partial charge is 0.368 e. The Morgan fingerprint density at radius 1 is 1.07 bits per heavy atom. The Morgan fingerprint density at radius 2 is 1.89 bits per heavy atom. The summed E-state index contributed by atoms with van der Waals surface area (Å²) in [6, 6.07) is 1.91. The second-order valence-electron chi connectivity index (χ2n) is 7.84. The quantitative estimate of drug-likeness (QED) is 0.783. The number of likely N-dealkylation sites (N-methyl/N-ethyl adjacent to an activating group) is 1. The lowest BCUT2D eigenvalue weighted by molar-refractivity contribution is 0.160. The summed E-state index contributed by atoms with van der Waals surface area (Å²) in [5.41, 5.74) is 2.18. The number of aryl methyl sites for hydroxylation is 1. The van der Waals surface area contributed by atoms with Crippen LogP contribution in [0.15, 0.2) is 29.5 Å². The Labute approximate surface area is 160 Å². The number of piperidine rings is 1. The Morgan fingerprint density at radius 3 is 2.59 bits per heavy atom. The molecule has 2 aliphatic rings. The molecule has 0 saturated carbocycles. The first-order valence-corrected chi connectivity index (χ1v) is 9.81. The molecule has 2 fully saturated rings. The van der Waals surface area contributed by atoms with Crippen molar-refractivity contribution in [1.29, 1.82) is 0 Å². The third kappa shape index (κ3) is 4.22. The second-order valence-corrected chi connectivity index (χ2v) is 7.84. The Balaban J connectivity index is 1.43. The van der Waals surface area contributed by atoms with E-state index in [4.69, 9.17) is 0 Å². The van der Waals surface area contributed by atoms with Gasteiger partial charge in [0.05, 0.1) is 24.1 Å². The van der Waals surface area contributed by atoms with E-state index in [2.05, 4.69) is 38.1 Å². The van der Waals surface area contributed by atoms with Gasteiger partial charge in [0, 0.05) is 64.1 Å². The molecule has 2 aromatic heterocycles. The highest BCUT2D eigenvalue weighted by molar-refractivity contribution is 5.43. The molecule has 0 unspecified atom stereocenters. The van der Waals surface area contributed by atoms with Gasteiger partial charge in [-0.2, -0.15) is 10.2 Å². The minimum absolute atomic E-state index is 0.0136. The number of hydrogen-bond acceptors (Lipinski definition) is 6. The Bertz CT molecular complexity index is 821. The van der Waals surface area contributed by atoms with Crippen LogP contribution in [0.2, 0.25) is 0 Å². The zero-order valence-corrected chi connectivity index (χ0v) is 16.3. The maximum Gasteiger partial charge on any atom is 0.269 e. The van der Waals surface area contributed by atoms with Crippen molar-refractivity contribution < 1.29 is 0 Å². The van der Waals surface area contributed by atoms with Gasteiger partial charge in [0.25, 0.3) is 5.56 Å². The lowest BCUT2D eigenvalue weighted by Gasteiger charge is -2.34. The summed E-state index contributed by atoms with van der Waals surface area (Å²) in [6.07, 6.45) is 7.92. The van der Waals surface area contributed by atoms with E-state index in [-0.39, 0.29) is 11.6 Å². The molecule has 2 aromatic rings. The second kappa shape index (κ2) is 7.82. The molecule has 0 radical (unpaired) electrons. The molecule has 0 amide bonds. The molecule has 8 heteroatoms. The average molecular weight is 371 g/mol. The van der Waals surface area contributed by atoms with Crippen LogP contribution in [0.1, 0.15) is 24.4 Å². The van der Waals surface area contributed by atoms with Gasteiger partial charge in [-0.25, -0.2) is 4.68 Å². The highest BCUT2D eigenvalue weighted by Crippen LogP contribution is 2.22. The summed E-state index contributed by atoms with van der Waals surface area (Å²) in [6.45, 7) is 6.73. The normalized spacial score (nSPS) is 22.3. The van der Waals surface area contributed by atoms with Gasteiger partial charge in [-0.15, -0.1) is 0 Å². The zero-order valence-electron chi connectivity index (χ0n) is 16.3. The summed E-state index contributed by atoms with van der Waals surface area (Å²) in [5.74, 6) is 0. The van der Waals surface area contributed by atoms with E-state index in [1.54, 1.807) is 10.7 Å². The molecule has 0 aliphatic carbocycles. The van der Waals surface area contributed by atoms with E-state index < -0.39 is 0 Å². The van der Waals surface area contributed by atoms with Crippen LogP contribution in [0.25, 0.3) is 0 Å². The van der Waals surface area contributed by atoms with Gasteiger partial charge < -0.3 is 9.80 Å². The van der Waals surface area contributed by atoms with E-state index in [0.29, 0.717) is 0 Å². The van der Waals surface area contributed by atoms with Gasteiger partial charge >= 0.3 is 0 Å². The van der Waals surface area contributed by atoms with Crippen molar-refractivity contribution in [3.8, 4) is 0 Å². The molecule has 2 saturated heterocycles. The maximum atomic E-state index is 12.7. The summed E-state index contributed by atoms with van der Waals surface area (Å²) in [4.78, 5) is 19.7. The Kier molecular flexibility index (Phi) is 5.27. The SMILES string of the molecule is CN1CCN(c2cnn([C@@H]3CCCN(Cc4cnn(C)c4)C3)c(=O)c2)CC1. The van der Waals surface area contributed by atoms with Crippen molar-refractivity contribution in [3.05, 3.63) is 40.6 Å². The van der Waals surface area contributed by atoms with Crippen LogP contribution in [0, 0.1) is 0 Å². The van der Waals surface area contributed by atoms with Crippen molar-refractivity contribution in [2.24, 2.45) is 7.05 Å². The van der Waals surface area contributed by atoms with Crippen LogP contribution in [0.4, 0.5) is 5.69 Å². The molecule has 0 aromatic carbocycles. The summed E-state index contributed by atoms with van der Waals surface area (Å²) < 4.78 is 3.52. The molecule has 4 rings (SSSR count). The molecule has 0 bridgehead atoms. The molecule has 27 heavy (non-hydrogen) atoms.